The molecule has 8 heteroatoms. The number of hydrogen-bond donors (Lipinski definition) is 2. The maximum absolute atomic E-state index is 12.5. The van der Waals surface area contributed by atoms with E-state index in [0.29, 0.717) is 22.3 Å². The maximum Gasteiger partial charge on any atom is 0.416 e. The molecule has 0 bridgehead atoms. The van der Waals surface area contributed by atoms with Gasteiger partial charge in [0.25, 0.3) is 0 Å². The van der Waals surface area contributed by atoms with Crippen LogP contribution in [0.15, 0.2) is 30.3 Å². The molecule has 0 amide bonds. The van der Waals surface area contributed by atoms with Gasteiger partial charge < -0.3 is 10.6 Å². The monoisotopic (exact) mass is 335 g/mol. The molecule has 0 fully saturated rings. The number of rotatable bonds is 3. The van der Waals surface area contributed by atoms with E-state index < -0.39 is 11.7 Å². The van der Waals surface area contributed by atoms with Gasteiger partial charge in [-0.2, -0.15) is 13.2 Å². The minimum atomic E-state index is -4.37. The third-order valence-corrected chi connectivity index (χ3v) is 3.22. The van der Waals surface area contributed by atoms with Gasteiger partial charge in [0.05, 0.1) is 15.6 Å². The topological polar surface area (TPSA) is 37.0 Å². The summed E-state index contributed by atoms with van der Waals surface area (Å²) in [7, 11) is 1.64. The van der Waals surface area contributed by atoms with Gasteiger partial charge >= 0.3 is 6.18 Å². The maximum atomic E-state index is 12.5. The molecule has 0 unspecified atom stereocenters. The Bertz CT molecular complexity index is 642. The molecule has 0 radical (unpaired) electrons. The number of nitrogens with one attached hydrogen (secondary N) is 2. The fourth-order valence-electron chi connectivity index (χ4n) is 1.61. The molecule has 0 spiro atoms. The molecule has 2 N–H and O–H groups in total. The lowest BCUT2D eigenvalue weighted by Gasteiger charge is -2.12. The van der Waals surface area contributed by atoms with Crippen molar-refractivity contribution >= 4 is 40.5 Å². The first kappa shape index (κ1) is 15.7. The smallest absolute Gasteiger partial charge is 0.372 e. The van der Waals surface area contributed by atoms with E-state index in [-0.39, 0.29) is 5.02 Å². The van der Waals surface area contributed by atoms with Gasteiger partial charge in [-0.25, -0.2) is 4.98 Å². The van der Waals surface area contributed by atoms with Crippen LogP contribution in [-0.2, 0) is 6.18 Å². The molecule has 3 nitrogen and oxygen atoms in total. The second-order valence-electron chi connectivity index (χ2n) is 4.10. The molecular weight excluding hydrogens is 326 g/mol. The number of pyridine rings is 1. The third-order valence-electron chi connectivity index (χ3n) is 2.64. The van der Waals surface area contributed by atoms with Crippen molar-refractivity contribution in [2.75, 3.05) is 17.7 Å². The molecule has 1 heterocycles. The van der Waals surface area contributed by atoms with E-state index in [1.807, 2.05) is 0 Å². The van der Waals surface area contributed by atoms with Crippen LogP contribution in [0.1, 0.15) is 5.56 Å². The molecule has 0 aliphatic rings. The molecule has 0 aliphatic carbocycles. The zero-order chi connectivity index (χ0) is 15.6. The van der Waals surface area contributed by atoms with E-state index in [4.69, 9.17) is 23.2 Å². The van der Waals surface area contributed by atoms with E-state index in [1.54, 1.807) is 7.05 Å². The minimum Gasteiger partial charge on any atom is -0.372 e. The molecule has 0 atom stereocenters. The van der Waals surface area contributed by atoms with Gasteiger partial charge in [0.1, 0.15) is 5.82 Å². The van der Waals surface area contributed by atoms with Crippen molar-refractivity contribution in [1.29, 1.82) is 0 Å². The minimum absolute atomic E-state index is 0.263. The summed E-state index contributed by atoms with van der Waals surface area (Å²) in [6.07, 6.45) is -4.37. The van der Waals surface area contributed by atoms with Gasteiger partial charge in [-0.1, -0.05) is 23.2 Å². The van der Waals surface area contributed by atoms with Crippen molar-refractivity contribution in [2.24, 2.45) is 0 Å². The lowest BCUT2D eigenvalue weighted by atomic mass is 10.2. The summed E-state index contributed by atoms with van der Waals surface area (Å²) >= 11 is 11.9. The SMILES string of the molecule is CNc1nc(Nc2ccc(C(F)(F)F)cc2)c(Cl)cc1Cl. The Hall–Kier alpha value is -1.66. The highest BCUT2D eigenvalue weighted by Gasteiger charge is 2.29. The summed E-state index contributed by atoms with van der Waals surface area (Å²) in [5, 5.41) is 6.24. The van der Waals surface area contributed by atoms with Crippen LogP contribution in [0.2, 0.25) is 10.0 Å². The quantitative estimate of drug-likeness (QED) is 0.810. The molecule has 2 rings (SSSR count). The van der Waals surface area contributed by atoms with Gasteiger partial charge in [-0.05, 0) is 30.3 Å². The van der Waals surface area contributed by atoms with Crippen molar-refractivity contribution in [2.45, 2.75) is 6.18 Å². The molecule has 21 heavy (non-hydrogen) atoms. The molecule has 112 valence electrons. The first-order valence-electron chi connectivity index (χ1n) is 5.79. The Morgan fingerprint density at radius 2 is 1.57 bits per heavy atom. The first-order valence-corrected chi connectivity index (χ1v) is 6.55. The fraction of sp³-hybridized carbons (Fsp3) is 0.154. The number of halogens is 5. The third kappa shape index (κ3) is 3.71. The molecule has 2 aromatic rings. The van der Waals surface area contributed by atoms with Crippen LogP contribution < -0.4 is 10.6 Å². The Balaban J connectivity index is 2.26. The summed E-state index contributed by atoms with van der Waals surface area (Å²) < 4.78 is 37.4. The second-order valence-corrected chi connectivity index (χ2v) is 4.91. The number of alkyl halides is 3. The Morgan fingerprint density at radius 1 is 1.00 bits per heavy atom. The van der Waals surface area contributed by atoms with Gasteiger partial charge in [0.15, 0.2) is 5.82 Å². The lowest BCUT2D eigenvalue weighted by Crippen LogP contribution is -2.05. The Labute approximate surface area is 129 Å². The standard InChI is InChI=1S/C13H10Cl2F3N3/c1-19-11-9(14)6-10(15)12(21-11)20-8-4-2-7(3-5-8)13(16,17)18/h2-6H,1H3,(H2,19,20,21). The summed E-state index contributed by atoms with van der Waals surface area (Å²) in [5.41, 5.74) is -0.291. The normalized spacial score (nSPS) is 11.3. The van der Waals surface area contributed by atoms with Crippen LogP contribution in [0.3, 0.4) is 0 Å². The Kier molecular flexibility index (Phi) is 4.49. The lowest BCUT2D eigenvalue weighted by molar-refractivity contribution is -0.137. The van der Waals surface area contributed by atoms with Crippen molar-refractivity contribution in [3.63, 3.8) is 0 Å². The van der Waals surface area contributed by atoms with Crippen molar-refractivity contribution in [3.8, 4) is 0 Å². The highest BCUT2D eigenvalue weighted by atomic mass is 35.5. The zero-order valence-electron chi connectivity index (χ0n) is 10.7. The number of hydrogen-bond acceptors (Lipinski definition) is 3. The average Bonchev–Trinajstić information content (AvgIpc) is 2.41. The number of nitrogens with zero attached hydrogens (tertiary/aromatic N) is 1. The largest absolute Gasteiger partial charge is 0.416 e. The number of benzene rings is 1. The van der Waals surface area contributed by atoms with Crippen LogP contribution in [0, 0.1) is 0 Å². The highest BCUT2D eigenvalue weighted by molar-refractivity contribution is 6.37. The summed E-state index contributed by atoms with van der Waals surface area (Å²) in [4.78, 5) is 4.15. The van der Waals surface area contributed by atoms with Crippen LogP contribution in [0.5, 0.6) is 0 Å². The van der Waals surface area contributed by atoms with Crippen molar-refractivity contribution in [1.82, 2.24) is 4.98 Å². The zero-order valence-corrected chi connectivity index (χ0v) is 12.2. The number of anilines is 3. The summed E-state index contributed by atoms with van der Waals surface area (Å²) in [5.74, 6) is 0.709. The number of aromatic nitrogens is 1. The molecule has 0 saturated carbocycles. The van der Waals surface area contributed by atoms with E-state index in [9.17, 15) is 13.2 Å². The van der Waals surface area contributed by atoms with Crippen molar-refractivity contribution < 1.29 is 13.2 Å². The van der Waals surface area contributed by atoms with Crippen LogP contribution >= 0.6 is 23.2 Å². The van der Waals surface area contributed by atoms with Crippen molar-refractivity contribution in [3.05, 3.63) is 45.9 Å². The molecule has 1 aromatic carbocycles. The molecule has 0 saturated heterocycles. The summed E-state index contributed by atoms with van der Waals surface area (Å²) in [6.45, 7) is 0. The average molecular weight is 336 g/mol. The van der Waals surface area contributed by atoms with Crippen LogP contribution in [0.25, 0.3) is 0 Å². The van der Waals surface area contributed by atoms with E-state index in [0.717, 1.165) is 12.1 Å². The fourth-order valence-corrected chi connectivity index (χ4v) is 2.11. The predicted molar refractivity (Wildman–Crippen MR) is 78.5 cm³/mol. The van der Waals surface area contributed by atoms with E-state index in [2.05, 4.69) is 15.6 Å². The Morgan fingerprint density at radius 3 is 2.10 bits per heavy atom. The molecule has 1 aromatic heterocycles. The van der Waals surface area contributed by atoms with E-state index >= 15 is 0 Å². The second kappa shape index (κ2) is 5.99. The van der Waals surface area contributed by atoms with Gasteiger partial charge in [0.2, 0.25) is 0 Å². The van der Waals surface area contributed by atoms with Gasteiger partial charge in [-0.15, -0.1) is 0 Å². The van der Waals surface area contributed by atoms with Crippen LogP contribution in [-0.4, -0.2) is 12.0 Å². The highest BCUT2D eigenvalue weighted by Crippen LogP contribution is 2.33. The first-order chi connectivity index (χ1) is 9.81. The van der Waals surface area contributed by atoms with E-state index in [1.165, 1.54) is 18.2 Å². The molecule has 0 aliphatic heterocycles. The molecular formula is C13H10Cl2F3N3. The van der Waals surface area contributed by atoms with Gasteiger partial charge in [0, 0.05) is 12.7 Å². The predicted octanol–water partition coefficient (Wildman–Crippen LogP) is 5.19. The van der Waals surface area contributed by atoms with Crippen LogP contribution in [0.4, 0.5) is 30.5 Å². The summed E-state index contributed by atoms with van der Waals surface area (Å²) in [6, 6.07) is 6.05. The van der Waals surface area contributed by atoms with Gasteiger partial charge in [-0.3, -0.25) is 0 Å².